The van der Waals surface area contributed by atoms with Crippen molar-refractivity contribution in [2.75, 3.05) is 6.61 Å². The Bertz CT molecular complexity index is 1340. The van der Waals surface area contributed by atoms with Crippen LogP contribution < -0.4 is 4.74 Å². The summed E-state index contributed by atoms with van der Waals surface area (Å²) < 4.78 is 61.6. The van der Waals surface area contributed by atoms with Crippen LogP contribution in [-0.4, -0.2) is 40.4 Å². The van der Waals surface area contributed by atoms with Crippen LogP contribution in [0.3, 0.4) is 0 Å². The Labute approximate surface area is 192 Å². The molecule has 0 radical (unpaired) electrons. The Hall–Kier alpha value is -3.33. The molecule has 0 bridgehead atoms. The van der Waals surface area contributed by atoms with Gasteiger partial charge in [-0.1, -0.05) is 24.3 Å². The van der Waals surface area contributed by atoms with E-state index in [0.29, 0.717) is 29.1 Å². The van der Waals surface area contributed by atoms with Gasteiger partial charge in [-0.25, -0.2) is 9.37 Å². The molecule has 2 unspecified atom stereocenters. The lowest BCUT2D eigenvalue weighted by molar-refractivity contribution is -0.232. The highest BCUT2D eigenvalue weighted by Gasteiger charge is 2.54. The molecule has 2 aliphatic rings. The molecule has 9 heteroatoms. The third kappa shape index (κ3) is 3.94. The van der Waals surface area contributed by atoms with Crippen molar-refractivity contribution in [3.8, 4) is 5.75 Å². The lowest BCUT2D eigenvalue weighted by Crippen LogP contribution is -2.48. The van der Waals surface area contributed by atoms with Crippen LogP contribution in [0.5, 0.6) is 5.75 Å². The number of para-hydroxylation sites is 2. The molecule has 3 heterocycles. The lowest BCUT2D eigenvalue weighted by Gasteiger charge is -2.33. The molecular formula is C25H21F4N3O2. The van der Waals surface area contributed by atoms with Gasteiger partial charge in [0, 0.05) is 29.3 Å². The van der Waals surface area contributed by atoms with E-state index < -0.39 is 29.9 Å². The number of alkyl halides is 3. The summed E-state index contributed by atoms with van der Waals surface area (Å²) in [6.07, 6.45) is -4.39. The first-order valence-corrected chi connectivity index (χ1v) is 10.9. The Balaban J connectivity index is 1.51. The van der Waals surface area contributed by atoms with Crippen molar-refractivity contribution >= 4 is 34.2 Å². The van der Waals surface area contributed by atoms with Crippen LogP contribution in [-0.2, 0) is 6.42 Å². The van der Waals surface area contributed by atoms with E-state index in [1.807, 2.05) is 13.0 Å². The zero-order chi connectivity index (χ0) is 24.1. The number of hydrogen-bond donors (Lipinski definition) is 1. The van der Waals surface area contributed by atoms with Crippen LogP contribution >= 0.6 is 0 Å². The third-order valence-electron chi connectivity index (χ3n) is 6.23. The second-order valence-electron chi connectivity index (χ2n) is 8.70. The quantitative estimate of drug-likeness (QED) is 0.376. The van der Waals surface area contributed by atoms with E-state index in [1.54, 1.807) is 18.2 Å². The van der Waals surface area contributed by atoms with Gasteiger partial charge in [0.2, 0.25) is 0 Å². The van der Waals surface area contributed by atoms with Crippen molar-refractivity contribution in [1.29, 1.82) is 0 Å². The minimum atomic E-state index is -4.99. The van der Waals surface area contributed by atoms with Gasteiger partial charge in [-0.05, 0) is 43.9 Å². The van der Waals surface area contributed by atoms with Gasteiger partial charge >= 0.3 is 6.18 Å². The largest absolute Gasteiger partial charge is 0.490 e. The second-order valence-corrected chi connectivity index (χ2v) is 8.70. The number of ether oxygens (including phenoxy) is 1. The van der Waals surface area contributed by atoms with E-state index >= 15 is 0 Å². The van der Waals surface area contributed by atoms with E-state index in [4.69, 9.17) is 4.74 Å². The molecule has 1 aromatic heterocycles. The fourth-order valence-electron chi connectivity index (χ4n) is 4.49. The molecule has 5 rings (SSSR count). The summed E-state index contributed by atoms with van der Waals surface area (Å²) in [4.78, 5) is 13.1. The average Bonchev–Trinajstić information content (AvgIpc) is 3.15. The highest BCUT2D eigenvalue weighted by atomic mass is 19.4. The van der Waals surface area contributed by atoms with Crippen LogP contribution in [0.15, 0.2) is 52.4 Å². The summed E-state index contributed by atoms with van der Waals surface area (Å²) >= 11 is 0. The zero-order valence-corrected chi connectivity index (χ0v) is 18.2. The molecule has 0 fully saturated rings. The van der Waals surface area contributed by atoms with Crippen LogP contribution in [0, 0.1) is 5.82 Å². The van der Waals surface area contributed by atoms with Crippen molar-refractivity contribution in [3.63, 3.8) is 0 Å². The fourth-order valence-corrected chi connectivity index (χ4v) is 4.49. The van der Waals surface area contributed by atoms with Gasteiger partial charge in [0.25, 0.3) is 0 Å². The number of halogens is 4. The predicted octanol–water partition coefficient (Wildman–Crippen LogP) is 5.97. The maximum Gasteiger partial charge on any atom is 0.422 e. The van der Waals surface area contributed by atoms with Gasteiger partial charge < -0.3 is 9.84 Å². The van der Waals surface area contributed by atoms with Crippen molar-refractivity contribution < 1.29 is 27.4 Å². The predicted molar refractivity (Wildman–Crippen MR) is 121 cm³/mol. The SMILES string of the molecule is CC1=Nc2cc3cccc(N=CC(O)(CC4CCOc5c(F)cccc54)C(F)(F)F)c3nc2C1. The van der Waals surface area contributed by atoms with Gasteiger partial charge in [0.1, 0.15) is 0 Å². The third-order valence-corrected chi connectivity index (χ3v) is 6.23. The number of fused-ring (bicyclic) bond motifs is 3. The minimum absolute atomic E-state index is 0.0590. The van der Waals surface area contributed by atoms with E-state index in [9.17, 15) is 22.7 Å². The highest BCUT2D eigenvalue weighted by Crippen LogP contribution is 2.44. The number of hydrogen-bond acceptors (Lipinski definition) is 5. The molecule has 2 aromatic carbocycles. The van der Waals surface area contributed by atoms with Gasteiger partial charge in [0.15, 0.2) is 17.2 Å². The summed E-state index contributed by atoms with van der Waals surface area (Å²) in [7, 11) is 0. The van der Waals surface area contributed by atoms with Crippen LogP contribution in [0.25, 0.3) is 10.9 Å². The minimum Gasteiger partial charge on any atom is -0.490 e. The van der Waals surface area contributed by atoms with Crippen molar-refractivity contribution in [2.45, 2.75) is 43.9 Å². The molecule has 176 valence electrons. The molecule has 5 nitrogen and oxygen atoms in total. The molecule has 0 amide bonds. The number of aromatic nitrogens is 1. The summed E-state index contributed by atoms with van der Waals surface area (Å²) in [5, 5.41) is 11.5. The number of aliphatic hydroxyl groups is 1. The molecule has 0 spiro atoms. The van der Waals surface area contributed by atoms with E-state index in [-0.39, 0.29) is 24.5 Å². The monoisotopic (exact) mass is 471 g/mol. The van der Waals surface area contributed by atoms with Crippen LogP contribution in [0.2, 0.25) is 0 Å². The normalized spacial score (nSPS) is 19.5. The maximum absolute atomic E-state index is 14.1. The first kappa shape index (κ1) is 22.5. The first-order chi connectivity index (χ1) is 16.1. The molecular weight excluding hydrogens is 450 g/mol. The topological polar surface area (TPSA) is 67.1 Å². The van der Waals surface area contributed by atoms with E-state index in [2.05, 4.69) is 15.0 Å². The number of pyridine rings is 1. The van der Waals surface area contributed by atoms with Crippen LogP contribution in [0.1, 0.15) is 36.9 Å². The Morgan fingerprint density at radius 3 is 2.79 bits per heavy atom. The summed E-state index contributed by atoms with van der Waals surface area (Å²) in [5.74, 6) is -1.46. The van der Waals surface area contributed by atoms with Crippen LogP contribution in [0.4, 0.5) is 28.9 Å². The summed E-state index contributed by atoms with van der Waals surface area (Å²) in [6, 6.07) is 11.0. The van der Waals surface area contributed by atoms with E-state index in [0.717, 1.165) is 17.1 Å². The smallest absolute Gasteiger partial charge is 0.422 e. The van der Waals surface area contributed by atoms with Crippen molar-refractivity contribution in [3.05, 3.63) is 59.5 Å². The molecule has 1 N–H and O–H groups in total. The maximum atomic E-state index is 14.1. The van der Waals surface area contributed by atoms with Crippen molar-refractivity contribution in [2.24, 2.45) is 9.98 Å². The lowest BCUT2D eigenvalue weighted by atomic mass is 9.82. The van der Waals surface area contributed by atoms with Gasteiger partial charge in [0.05, 0.1) is 29.2 Å². The standard InChI is InChI=1S/C25H21F4N3O2/c1-14-10-20-21(31-14)11-15-4-2-7-19(22(15)32-20)30-13-24(33,25(27,28)29)12-16-8-9-34-23-17(16)5-3-6-18(23)26/h2-7,11,13,16,33H,8-10,12H2,1H3. The molecule has 0 aliphatic carbocycles. The van der Waals surface area contributed by atoms with Gasteiger partial charge in [-0.15, -0.1) is 0 Å². The molecule has 2 aliphatic heterocycles. The first-order valence-electron chi connectivity index (χ1n) is 10.9. The number of nitrogens with zero attached hydrogens (tertiary/aromatic N) is 3. The average molecular weight is 471 g/mol. The molecule has 0 saturated carbocycles. The summed E-state index contributed by atoms with van der Waals surface area (Å²) in [5.41, 5.74) is 0.110. The molecule has 2 atom stereocenters. The fraction of sp³-hybridized carbons (Fsp3) is 0.320. The summed E-state index contributed by atoms with van der Waals surface area (Å²) in [6.45, 7) is 1.94. The Morgan fingerprint density at radius 1 is 1.21 bits per heavy atom. The zero-order valence-electron chi connectivity index (χ0n) is 18.2. The number of rotatable bonds is 4. The Morgan fingerprint density at radius 2 is 2.00 bits per heavy atom. The second kappa shape index (κ2) is 8.16. The molecule has 0 saturated heterocycles. The number of aliphatic imine (C=N–C) groups is 2. The van der Waals surface area contributed by atoms with Gasteiger partial charge in [-0.2, -0.15) is 13.2 Å². The van der Waals surface area contributed by atoms with E-state index in [1.165, 1.54) is 18.2 Å². The highest BCUT2D eigenvalue weighted by molar-refractivity contribution is 5.97. The number of benzene rings is 2. The Kier molecular flexibility index (Phi) is 5.39. The molecule has 3 aromatic rings. The van der Waals surface area contributed by atoms with Crippen molar-refractivity contribution in [1.82, 2.24) is 4.98 Å². The molecule has 34 heavy (non-hydrogen) atoms. The van der Waals surface area contributed by atoms with Gasteiger partial charge in [-0.3, -0.25) is 9.98 Å².